The fourth-order valence-corrected chi connectivity index (χ4v) is 3.05. The van der Waals surface area contributed by atoms with Crippen LogP contribution in [-0.2, 0) is 14.3 Å². The SMILES string of the molecule is O=C(COC(=O)C[C@@H](NC(=O)c1ccccc1)c1ccccc1)Nc1cc([N+](=O)[O-])ccc1F. The third-order valence-electron chi connectivity index (χ3n) is 4.71. The maximum absolute atomic E-state index is 13.8. The van der Waals surface area contributed by atoms with E-state index in [-0.39, 0.29) is 12.3 Å². The molecule has 3 aromatic rings. The maximum atomic E-state index is 13.8. The number of carbonyl (C=O) groups excluding carboxylic acids is 3. The minimum atomic E-state index is -0.877. The van der Waals surface area contributed by atoms with Crippen molar-refractivity contribution in [1.29, 1.82) is 0 Å². The van der Waals surface area contributed by atoms with E-state index >= 15 is 0 Å². The van der Waals surface area contributed by atoms with Gasteiger partial charge in [0.25, 0.3) is 17.5 Å². The van der Waals surface area contributed by atoms with Crippen molar-refractivity contribution in [3.8, 4) is 0 Å². The number of nitro groups is 1. The lowest BCUT2D eigenvalue weighted by Crippen LogP contribution is -2.31. The molecule has 0 fully saturated rings. The van der Waals surface area contributed by atoms with Crippen LogP contribution in [0.5, 0.6) is 0 Å². The molecule has 174 valence electrons. The molecule has 0 aromatic heterocycles. The molecule has 0 unspecified atom stereocenters. The Labute approximate surface area is 193 Å². The lowest BCUT2D eigenvalue weighted by molar-refractivity contribution is -0.384. The molecule has 9 nitrogen and oxygen atoms in total. The predicted molar refractivity (Wildman–Crippen MR) is 120 cm³/mol. The number of hydrogen-bond acceptors (Lipinski definition) is 6. The van der Waals surface area contributed by atoms with Crippen LogP contribution in [0.4, 0.5) is 15.8 Å². The highest BCUT2D eigenvalue weighted by molar-refractivity contribution is 5.95. The van der Waals surface area contributed by atoms with E-state index in [1.165, 1.54) is 0 Å². The number of nitro benzene ring substituents is 1. The summed E-state index contributed by atoms with van der Waals surface area (Å²) in [5, 5.41) is 15.7. The number of amides is 2. The van der Waals surface area contributed by atoms with Crippen molar-refractivity contribution in [2.24, 2.45) is 0 Å². The lowest BCUT2D eigenvalue weighted by atomic mass is 10.0. The molecule has 34 heavy (non-hydrogen) atoms. The van der Waals surface area contributed by atoms with Crippen LogP contribution in [-0.4, -0.2) is 29.3 Å². The summed E-state index contributed by atoms with van der Waals surface area (Å²) >= 11 is 0. The van der Waals surface area contributed by atoms with E-state index in [2.05, 4.69) is 10.6 Å². The van der Waals surface area contributed by atoms with Crippen LogP contribution in [0, 0.1) is 15.9 Å². The highest BCUT2D eigenvalue weighted by Gasteiger charge is 2.21. The average molecular weight is 465 g/mol. The number of esters is 1. The second-order valence-corrected chi connectivity index (χ2v) is 7.14. The van der Waals surface area contributed by atoms with Crippen molar-refractivity contribution < 1.29 is 28.4 Å². The number of anilines is 1. The van der Waals surface area contributed by atoms with E-state index in [4.69, 9.17) is 4.74 Å². The molecule has 3 rings (SSSR count). The summed E-state index contributed by atoms with van der Waals surface area (Å²) in [6.45, 7) is -0.741. The van der Waals surface area contributed by atoms with Gasteiger partial charge in [-0.2, -0.15) is 0 Å². The van der Waals surface area contributed by atoms with Crippen LogP contribution in [0.25, 0.3) is 0 Å². The molecule has 0 aliphatic heterocycles. The Balaban J connectivity index is 1.61. The minimum absolute atomic E-state index is 0.263. The number of non-ortho nitro benzene ring substituents is 1. The maximum Gasteiger partial charge on any atom is 0.308 e. The summed E-state index contributed by atoms with van der Waals surface area (Å²) in [4.78, 5) is 47.1. The summed E-state index contributed by atoms with van der Waals surface area (Å²) in [7, 11) is 0. The van der Waals surface area contributed by atoms with Gasteiger partial charge >= 0.3 is 5.97 Å². The third-order valence-corrected chi connectivity index (χ3v) is 4.71. The molecular weight excluding hydrogens is 445 g/mol. The van der Waals surface area contributed by atoms with Crippen molar-refractivity contribution in [3.05, 3.63) is 106 Å². The first-order chi connectivity index (χ1) is 16.3. The first-order valence-corrected chi connectivity index (χ1v) is 10.1. The fraction of sp³-hybridized carbons (Fsp3) is 0.125. The van der Waals surface area contributed by atoms with Gasteiger partial charge in [-0.15, -0.1) is 0 Å². The number of ether oxygens (including phenoxy) is 1. The number of rotatable bonds is 9. The fourth-order valence-electron chi connectivity index (χ4n) is 3.05. The monoisotopic (exact) mass is 465 g/mol. The van der Waals surface area contributed by atoms with E-state index < -0.39 is 46.6 Å². The van der Waals surface area contributed by atoms with Crippen LogP contribution < -0.4 is 10.6 Å². The molecule has 0 bridgehead atoms. The zero-order valence-electron chi connectivity index (χ0n) is 17.8. The highest BCUT2D eigenvalue weighted by Crippen LogP contribution is 2.21. The molecule has 0 aliphatic rings. The second kappa shape index (κ2) is 11.3. The molecule has 0 heterocycles. The summed E-state index contributed by atoms with van der Waals surface area (Å²) in [6, 6.07) is 19.2. The van der Waals surface area contributed by atoms with E-state index in [9.17, 15) is 28.9 Å². The van der Waals surface area contributed by atoms with Crippen LogP contribution in [0.3, 0.4) is 0 Å². The molecule has 0 saturated carbocycles. The minimum Gasteiger partial charge on any atom is -0.455 e. The standard InChI is InChI=1S/C24H20FN3O6/c25-19-12-11-18(28(32)33)13-21(19)26-22(29)15-34-23(30)14-20(16-7-3-1-4-8-16)27-24(31)17-9-5-2-6-10-17/h1-13,20H,14-15H2,(H,26,29)(H,27,31)/t20-/m1/s1. The van der Waals surface area contributed by atoms with Crippen LogP contribution in [0.2, 0.25) is 0 Å². The first-order valence-electron chi connectivity index (χ1n) is 10.1. The normalized spacial score (nSPS) is 11.2. The molecule has 2 amide bonds. The van der Waals surface area contributed by atoms with E-state index in [0.29, 0.717) is 11.1 Å². The molecule has 0 saturated heterocycles. The van der Waals surface area contributed by atoms with Crippen molar-refractivity contribution in [2.75, 3.05) is 11.9 Å². The van der Waals surface area contributed by atoms with E-state index in [1.807, 2.05) is 0 Å². The van der Waals surface area contributed by atoms with Crippen molar-refractivity contribution in [3.63, 3.8) is 0 Å². The molecule has 0 aliphatic carbocycles. The Bertz CT molecular complexity index is 1190. The molecule has 2 N–H and O–H groups in total. The van der Waals surface area contributed by atoms with Crippen LogP contribution in [0.1, 0.15) is 28.4 Å². The summed E-state index contributed by atoms with van der Waals surface area (Å²) in [5.41, 5.74) is 0.253. The Morgan fingerprint density at radius 1 is 0.971 bits per heavy atom. The number of carbonyl (C=O) groups is 3. The van der Waals surface area contributed by atoms with Crippen molar-refractivity contribution in [1.82, 2.24) is 5.32 Å². The Morgan fingerprint density at radius 2 is 1.62 bits per heavy atom. The Kier molecular flexibility index (Phi) is 8.01. The van der Waals surface area contributed by atoms with E-state index in [0.717, 1.165) is 18.2 Å². The zero-order chi connectivity index (χ0) is 24.5. The Hall–Kier alpha value is -4.60. The highest BCUT2D eigenvalue weighted by atomic mass is 19.1. The van der Waals surface area contributed by atoms with Gasteiger partial charge in [-0.3, -0.25) is 24.5 Å². The van der Waals surface area contributed by atoms with Crippen LogP contribution >= 0.6 is 0 Å². The second-order valence-electron chi connectivity index (χ2n) is 7.14. The zero-order valence-corrected chi connectivity index (χ0v) is 17.8. The smallest absolute Gasteiger partial charge is 0.308 e. The number of hydrogen-bond donors (Lipinski definition) is 2. The number of halogens is 1. The summed E-state index contributed by atoms with van der Waals surface area (Å²) in [6.07, 6.45) is -0.263. The van der Waals surface area contributed by atoms with Gasteiger partial charge in [0, 0.05) is 17.7 Å². The number of nitrogens with one attached hydrogen (secondary N) is 2. The van der Waals surface area contributed by atoms with Crippen LogP contribution in [0.15, 0.2) is 78.9 Å². The number of nitrogens with zero attached hydrogens (tertiary/aromatic N) is 1. The molecule has 0 radical (unpaired) electrons. The van der Waals surface area contributed by atoms with Gasteiger partial charge in [0.15, 0.2) is 6.61 Å². The average Bonchev–Trinajstić information content (AvgIpc) is 2.84. The van der Waals surface area contributed by atoms with Gasteiger partial charge in [-0.1, -0.05) is 48.5 Å². The van der Waals surface area contributed by atoms with Crippen molar-refractivity contribution in [2.45, 2.75) is 12.5 Å². The molecule has 10 heteroatoms. The predicted octanol–water partition coefficient (Wildman–Crippen LogP) is 3.78. The third kappa shape index (κ3) is 6.70. The Morgan fingerprint density at radius 3 is 2.26 bits per heavy atom. The molecule has 1 atom stereocenters. The quantitative estimate of drug-likeness (QED) is 0.281. The summed E-state index contributed by atoms with van der Waals surface area (Å²) < 4.78 is 18.8. The van der Waals surface area contributed by atoms with Gasteiger partial charge < -0.3 is 15.4 Å². The largest absolute Gasteiger partial charge is 0.455 e. The number of benzene rings is 3. The van der Waals surface area contributed by atoms with Gasteiger partial charge in [0.1, 0.15) is 5.82 Å². The first kappa shape index (κ1) is 24.1. The molecule has 3 aromatic carbocycles. The van der Waals surface area contributed by atoms with Gasteiger partial charge in [0.2, 0.25) is 0 Å². The lowest BCUT2D eigenvalue weighted by Gasteiger charge is -2.19. The van der Waals surface area contributed by atoms with Gasteiger partial charge in [-0.05, 0) is 23.8 Å². The topological polar surface area (TPSA) is 128 Å². The van der Waals surface area contributed by atoms with Gasteiger partial charge in [-0.25, -0.2) is 4.39 Å². The molecule has 0 spiro atoms. The van der Waals surface area contributed by atoms with E-state index in [1.54, 1.807) is 60.7 Å². The summed E-state index contributed by atoms with van der Waals surface area (Å²) in [5.74, 6) is -2.92. The van der Waals surface area contributed by atoms with Gasteiger partial charge in [0.05, 0.1) is 23.1 Å². The molecular formula is C24H20FN3O6. The van der Waals surface area contributed by atoms with Crippen molar-refractivity contribution >= 4 is 29.2 Å².